The molecule has 1 aromatic heterocycles. The summed E-state index contributed by atoms with van der Waals surface area (Å²) in [6, 6.07) is 14.7. The minimum atomic E-state index is -1.21. The Hall–Kier alpha value is -3.91. The number of rotatable bonds is 8. The summed E-state index contributed by atoms with van der Waals surface area (Å²) in [5.74, 6) is -2.18. The fourth-order valence-corrected chi connectivity index (χ4v) is 4.63. The van der Waals surface area contributed by atoms with Crippen molar-refractivity contribution in [2.24, 2.45) is 5.92 Å². The second-order valence-electron chi connectivity index (χ2n) is 8.58. The zero-order chi connectivity index (χ0) is 24.1. The molecule has 4 rings (SSSR count). The number of nitrogens with zero attached hydrogens (tertiary/aromatic N) is 1. The zero-order valence-corrected chi connectivity index (χ0v) is 18.6. The molecule has 34 heavy (non-hydrogen) atoms. The molecule has 8 heteroatoms. The first-order valence-corrected chi connectivity index (χ1v) is 11.2. The van der Waals surface area contributed by atoms with E-state index in [-0.39, 0.29) is 0 Å². The average molecular weight is 462 g/mol. The van der Waals surface area contributed by atoms with E-state index in [1.165, 1.54) is 5.56 Å². The van der Waals surface area contributed by atoms with Gasteiger partial charge in [-0.2, -0.15) is 0 Å². The van der Waals surface area contributed by atoms with Crippen LogP contribution in [0.3, 0.4) is 0 Å². The molecule has 1 aliphatic rings. The van der Waals surface area contributed by atoms with Crippen molar-refractivity contribution in [3.63, 3.8) is 0 Å². The van der Waals surface area contributed by atoms with E-state index < -0.39 is 23.9 Å². The Bertz CT molecular complexity index is 1210. The summed E-state index contributed by atoms with van der Waals surface area (Å²) in [6.07, 6.45) is 6.27. The lowest BCUT2D eigenvalue weighted by molar-refractivity contribution is -0.144. The normalized spacial score (nSPS) is 16.0. The molecule has 1 saturated heterocycles. The van der Waals surface area contributed by atoms with Gasteiger partial charge in [0.05, 0.1) is 0 Å². The highest BCUT2D eigenvalue weighted by Gasteiger charge is 2.32. The monoisotopic (exact) mass is 461 g/mol. The Morgan fingerprint density at radius 2 is 1.79 bits per heavy atom. The molecule has 0 radical (unpaired) electrons. The molecule has 176 valence electrons. The molecule has 2 aromatic carbocycles. The maximum absolute atomic E-state index is 12.3. The van der Waals surface area contributed by atoms with Gasteiger partial charge in [0.1, 0.15) is 6.04 Å². The van der Waals surface area contributed by atoms with E-state index in [4.69, 9.17) is 5.11 Å². The van der Waals surface area contributed by atoms with Crippen LogP contribution in [0.25, 0.3) is 10.9 Å². The van der Waals surface area contributed by atoms with Gasteiger partial charge in [-0.3, -0.25) is 14.5 Å². The number of hydrogen-bond acceptors (Lipinski definition) is 4. The SMILES string of the molecule is O=C(O)C=CC(=O)Nc1ccc2[nH]cc(C(C(=O)O)N3CCC(Cc4ccccc4)CC3)c2c1. The molecule has 4 N–H and O–H groups in total. The Morgan fingerprint density at radius 1 is 1.06 bits per heavy atom. The summed E-state index contributed by atoms with van der Waals surface area (Å²) in [5.41, 5.74) is 3.17. The third-order valence-corrected chi connectivity index (χ3v) is 6.27. The highest BCUT2D eigenvalue weighted by molar-refractivity contribution is 6.03. The zero-order valence-electron chi connectivity index (χ0n) is 18.6. The maximum Gasteiger partial charge on any atom is 0.328 e. The van der Waals surface area contributed by atoms with Crippen molar-refractivity contribution in [1.29, 1.82) is 0 Å². The van der Waals surface area contributed by atoms with Crippen LogP contribution in [0.5, 0.6) is 0 Å². The summed E-state index contributed by atoms with van der Waals surface area (Å²) < 4.78 is 0. The number of nitrogens with one attached hydrogen (secondary N) is 2. The van der Waals surface area contributed by atoms with Crippen molar-refractivity contribution < 1.29 is 24.6 Å². The summed E-state index contributed by atoms with van der Waals surface area (Å²) >= 11 is 0. The maximum atomic E-state index is 12.3. The number of hydrogen-bond donors (Lipinski definition) is 4. The van der Waals surface area contributed by atoms with Crippen LogP contribution in [0.4, 0.5) is 5.69 Å². The number of amides is 1. The van der Waals surface area contributed by atoms with Gasteiger partial charge in [0.15, 0.2) is 0 Å². The summed E-state index contributed by atoms with van der Waals surface area (Å²) in [6.45, 7) is 1.38. The molecule has 1 atom stereocenters. The van der Waals surface area contributed by atoms with Crippen LogP contribution in [0.15, 0.2) is 66.9 Å². The number of benzene rings is 2. The van der Waals surface area contributed by atoms with E-state index in [9.17, 15) is 19.5 Å². The van der Waals surface area contributed by atoms with Gasteiger partial charge in [0, 0.05) is 40.5 Å². The number of aromatic nitrogens is 1. The lowest BCUT2D eigenvalue weighted by Gasteiger charge is -2.35. The van der Waals surface area contributed by atoms with Gasteiger partial charge in [0.2, 0.25) is 5.91 Å². The number of anilines is 1. The molecule has 8 nitrogen and oxygen atoms in total. The van der Waals surface area contributed by atoms with Gasteiger partial charge >= 0.3 is 11.9 Å². The first-order chi connectivity index (χ1) is 16.4. The number of carbonyl (C=O) groups is 3. The van der Waals surface area contributed by atoms with Crippen molar-refractivity contribution >= 4 is 34.4 Å². The van der Waals surface area contributed by atoms with E-state index in [0.717, 1.165) is 36.9 Å². The fourth-order valence-electron chi connectivity index (χ4n) is 4.63. The van der Waals surface area contributed by atoms with E-state index >= 15 is 0 Å². The predicted octanol–water partition coefficient (Wildman–Crippen LogP) is 3.83. The number of piperidine rings is 1. The smallest absolute Gasteiger partial charge is 0.328 e. The molecule has 0 saturated carbocycles. The highest BCUT2D eigenvalue weighted by atomic mass is 16.4. The molecule has 1 aliphatic heterocycles. The number of aromatic amines is 1. The Labute approximate surface area is 196 Å². The van der Waals surface area contributed by atoms with Gasteiger partial charge in [0.25, 0.3) is 0 Å². The van der Waals surface area contributed by atoms with Crippen molar-refractivity contribution in [1.82, 2.24) is 9.88 Å². The first-order valence-electron chi connectivity index (χ1n) is 11.2. The minimum absolute atomic E-state index is 0.457. The topological polar surface area (TPSA) is 123 Å². The molecule has 1 unspecified atom stereocenters. The van der Waals surface area contributed by atoms with Crippen molar-refractivity contribution in [3.8, 4) is 0 Å². The summed E-state index contributed by atoms with van der Waals surface area (Å²) in [7, 11) is 0. The summed E-state index contributed by atoms with van der Waals surface area (Å²) in [5, 5.41) is 22.1. The molecule has 1 amide bonds. The molecule has 0 aliphatic carbocycles. The third kappa shape index (κ3) is 5.52. The van der Waals surface area contributed by atoms with Crippen LogP contribution in [-0.2, 0) is 20.8 Å². The standard InChI is InChI=1S/C26H27N3O5/c30-23(8-9-24(31)32)28-19-6-7-22-20(15-19)21(16-27-22)25(26(33)34)29-12-10-18(11-13-29)14-17-4-2-1-3-5-17/h1-9,15-16,18,25,27H,10-14H2,(H,28,30)(H,31,32)(H,33,34). The van der Waals surface area contributed by atoms with Crippen LogP contribution in [-0.4, -0.2) is 51.0 Å². The van der Waals surface area contributed by atoms with Gasteiger partial charge in [-0.25, -0.2) is 4.79 Å². The van der Waals surface area contributed by atoms with Crippen LogP contribution >= 0.6 is 0 Å². The largest absolute Gasteiger partial charge is 0.480 e. The Balaban J connectivity index is 1.50. The number of carboxylic acids is 2. The van der Waals surface area contributed by atoms with E-state index in [2.05, 4.69) is 22.4 Å². The lowest BCUT2D eigenvalue weighted by Crippen LogP contribution is -2.40. The number of likely N-dealkylation sites (tertiary alicyclic amines) is 1. The van der Waals surface area contributed by atoms with E-state index in [1.807, 2.05) is 23.1 Å². The number of carboxylic acid groups (broad SMARTS) is 2. The van der Waals surface area contributed by atoms with E-state index in [1.54, 1.807) is 24.4 Å². The lowest BCUT2D eigenvalue weighted by atomic mass is 9.89. The van der Waals surface area contributed by atoms with Crippen LogP contribution in [0, 0.1) is 5.92 Å². The minimum Gasteiger partial charge on any atom is -0.480 e. The van der Waals surface area contributed by atoms with Gasteiger partial charge in [-0.05, 0) is 62.0 Å². The second kappa shape index (κ2) is 10.4. The molecule has 3 aromatic rings. The quantitative estimate of drug-likeness (QED) is 0.378. The second-order valence-corrected chi connectivity index (χ2v) is 8.58. The van der Waals surface area contributed by atoms with Gasteiger partial charge < -0.3 is 20.5 Å². The molecular formula is C26H27N3O5. The van der Waals surface area contributed by atoms with E-state index in [0.29, 0.717) is 35.6 Å². The molecular weight excluding hydrogens is 434 g/mol. The van der Waals surface area contributed by atoms with Crippen LogP contribution < -0.4 is 5.32 Å². The molecule has 1 fully saturated rings. The van der Waals surface area contributed by atoms with Gasteiger partial charge in [-0.15, -0.1) is 0 Å². The van der Waals surface area contributed by atoms with Crippen molar-refractivity contribution in [2.45, 2.75) is 25.3 Å². The van der Waals surface area contributed by atoms with Crippen molar-refractivity contribution in [2.75, 3.05) is 18.4 Å². The van der Waals surface area contributed by atoms with Gasteiger partial charge in [-0.1, -0.05) is 30.3 Å². The Kier molecular flexibility index (Phi) is 7.08. The molecule has 0 bridgehead atoms. The highest BCUT2D eigenvalue weighted by Crippen LogP contribution is 2.33. The van der Waals surface area contributed by atoms with Crippen LogP contribution in [0.2, 0.25) is 0 Å². The summed E-state index contributed by atoms with van der Waals surface area (Å²) in [4.78, 5) is 40.0. The first kappa shape index (κ1) is 23.3. The molecule has 2 heterocycles. The average Bonchev–Trinajstić information content (AvgIpc) is 3.22. The number of H-pyrrole nitrogens is 1. The number of aliphatic carboxylic acids is 2. The Morgan fingerprint density at radius 3 is 2.47 bits per heavy atom. The van der Waals surface area contributed by atoms with Crippen molar-refractivity contribution in [3.05, 3.63) is 78.0 Å². The number of carbonyl (C=O) groups excluding carboxylic acids is 1. The molecule has 0 spiro atoms. The predicted molar refractivity (Wildman–Crippen MR) is 129 cm³/mol. The third-order valence-electron chi connectivity index (χ3n) is 6.27. The van der Waals surface area contributed by atoms with Crippen LogP contribution in [0.1, 0.15) is 30.0 Å². The number of fused-ring (bicyclic) bond motifs is 1. The fraction of sp³-hybridized carbons (Fsp3) is 0.269.